The fourth-order valence-electron chi connectivity index (χ4n) is 4.52. The van der Waals surface area contributed by atoms with Crippen LogP contribution in [0.1, 0.15) is 43.4 Å². The minimum atomic E-state index is -3.87. The summed E-state index contributed by atoms with van der Waals surface area (Å²) in [5, 5.41) is 2.91. The molecule has 0 radical (unpaired) electrons. The number of amides is 2. The van der Waals surface area contributed by atoms with Gasteiger partial charge in [-0.1, -0.05) is 87.0 Å². The topological polar surface area (TPSA) is 86.8 Å². The van der Waals surface area contributed by atoms with Gasteiger partial charge in [0.25, 0.3) is 0 Å². The predicted molar refractivity (Wildman–Crippen MR) is 157 cm³/mol. The van der Waals surface area contributed by atoms with E-state index in [2.05, 4.69) is 5.32 Å². The van der Waals surface area contributed by atoms with Crippen LogP contribution in [-0.4, -0.2) is 50.5 Å². The van der Waals surface area contributed by atoms with Crippen molar-refractivity contribution >= 4 is 27.5 Å². The summed E-state index contributed by atoms with van der Waals surface area (Å²) in [5.74, 6) is -1.49. The van der Waals surface area contributed by atoms with Crippen LogP contribution in [0.4, 0.5) is 10.1 Å². The summed E-state index contributed by atoms with van der Waals surface area (Å²) in [6, 6.07) is 21.3. The Bertz CT molecular complexity index is 1380. The Morgan fingerprint density at radius 2 is 1.52 bits per heavy atom. The summed E-state index contributed by atoms with van der Waals surface area (Å²) in [6.07, 6.45) is 3.43. The van der Waals surface area contributed by atoms with Crippen molar-refractivity contribution in [1.29, 1.82) is 0 Å². The van der Waals surface area contributed by atoms with Crippen molar-refractivity contribution in [2.24, 2.45) is 0 Å². The molecule has 1 atom stereocenters. The van der Waals surface area contributed by atoms with Crippen LogP contribution in [0.3, 0.4) is 0 Å². The van der Waals surface area contributed by atoms with Gasteiger partial charge in [0.1, 0.15) is 18.4 Å². The Hall–Kier alpha value is -3.72. The standard InChI is InChI=1S/C31H38FN3O4S/c1-4-6-20-33-31(37)29(21-24-14-8-7-9-15-24)34(22-26-17-10-12-18-27(26)32)30(36)23-35(40(3,38)39)28-19-13-11-16-25(28)5-2/h7-19,29H,4-6,20-23H2,1-3H3,(H,33,37)/t29-/m1/s1. The number of rotatable bonds is 14. The van der Waals surface area contributed by atoms with Crippen LogP contribution in [0, 0.1) is 5.82 Å². The van der Waals surface area contributed by atoms with Crippen LogP contribution in [0.15, 0.2) is 78.9 Å². The van der Waals surface area contributed by atoms with Gasteiger partial charge in [0.15, 0.2) is 0 Å². The van der Waals surface area contributed by atoms with E-state index in [4.69, 9.17) is 0 Å². The van der Waals surface area contributed by atoms with Crippen molar-refractivity contribution in [3.8, 4) is 0 Å². The smallest absolute Gasteiger partial charge is 0.244 e. The van der Waals surface area contributed by atoms with E-state index < -0.39 is 34.3 Å². The average molecular weight is 568 g/mol. The summed E-state index contributed by atoms with van der Waals surface area (Å²) >= 11 is 0. The van der Waals surface area contributed by atoms with Gasteiger partial charge in [-0.05, 0) is 36.1 Å². The van der Waals surface area contributed by atoms with Gasteiger partial charge in [-0.3, -0.25) is 13.9 Å². The Morgan fingerprint density at radius 3 is 2.15 bits per heavy atom. The van der Waals surface area contributed by atoms with Gasteiger partial charge in [0.2, 0.25) is 21.8 Å². The third kappa shape index (κ3) is 8.39. The zero-order valence-corrected chi connectivity index (χ0v) is 24.2. The lowest BCUT2D eigenvalue weighted by atomic mass is 10.0. The van der Waals surface area contributed by atoms with Gasteiger partial charge in [-0.25, -0.2) is 12.8 Å². The number of nitrogens with one attached hydrogen (secondary N) is 1. The molecule has 7 nitrogen and oxygen atoms in total. The minimum absolute atomic E-state index is 0.184. The maximum Gasteiger partial charge on any atom is 0.244 e. The number of sulfonamides is 1. The number of hydrogen-bond acceptors (Lipinski definition) is 4. The third-order valence-corrected chi connectivity index (χ3v) is 7.85. The zero-order chi connectivity index (χ0) is 29.1. The summed E-state index contributed by atoms with van der Waals surface area (Å²) in [6.45, 7) is 3.62. The molecule has 0 aliphatic carbocycles. The Morgan fingerprint density at radius 1 is 0.900 bits per heavy atom. The molecule has 9 heteroatoms. The molecule has 0 aliphatic heterocycles. The van der Waals surface area contributed by atoms with E-state index in [9.17, 15) is 22.4 Å². The first-order valence-corrected chi connectivity index (χ1v) is 15.4. The molecule has 0 unspecified atom stereocenters. The Kier molecular flexibility index (Phi) is 11.3. The highest BCUT2D eigenvalue weighted by atomic mass is 32.2. The van der Waals surface area contributed by atoms with E-state index in [0.29, 0.717) is 18.7 Å². The Labute approximate surface area is 237 Å². The second-order valence-corrected chi connectivity index (χ2v) is 11.6. The number of hydrogen-bond donors (Lipinski definition) is 1. The molecule has 3 aromatic carbocycles. The van der Waals surface area contributed by atoms with E-state index in [1.807, 2.05) is 56.3 Å². The molecular weight excluding hydrogens is 529 g/mol. The fraction of sp³-hybridized carbons (Fsp3) is 0.355. The number of halogens is 1. The van der Waals surface area contributed by atoms with Crippen LogP contribution in [0.25, 0.3) is 0 Å². The molecule has 214 valence electrons. The average Bonchev–Trinajstić information content (AvgIpc) is 2.94. The normalized spacial score (nSPS) is 12.0. The van der Waals surface area contributed by atoms with Crippen LogP contribution >= 0.6 is 0 Å². The van der Waals surface area contributed by atoms with Crippen LogP contribution in [0.2, 0.25) is 0 Å². The number of para-hydroxylation sites is 1. The number of aryl methyl sites for hydroxylation is 1. The molecule has 0 aromatic heterocycles. The van der Waals surface area contributed by atoms with Gasteiger partial charge < -0.3 is 10.2 Å². The molecule has 0 heterocycles. The van der Waals surface area contributed by atoms with Crippen LogP contribution < -0.4 is 9.62 Å². The minimum Gasteiger partial charge on any atom is -0.354 e. The first-order valence-electron chi connectivity index (χ1n) is 13.6. The van der Waals surface area contributed by atoms with Crippen LogP contribution in [0.5, 0.6) is 0 Å². The van der Waals surface area contributed by atoms with Crippen molar-refractivity contribution < 1.29 is 22.4 Å². The molecule has 1 N–H and O–H groups in total. The van der Waals surface area contributed by atoms with Crippen molar-refractivity contribution in [2.75, 3.05) is 23.7 Å². The molecule has 3 rings (SSSR count). The lowest BCUT2D eigenvalue weighted by molar-refractivity contribution is -0.140. The highest BCUT2D eigenvalue weighted by Crippen LogP contribution is 2.25. The van der Waals surface area contributed by atoms with Gasteiger partial charge in [-0.2, -0.15) is 0 Å². The summed E-state index contributed by atoms with van der Waals surface area (Å²) in [5.41, 5.74) is 2.22. The van der Waals surface area contributed by atoms with E-state index in [0.717, 1.165) is 34.5 Å². The SMILES string of the molecule is CCCCNC(=O)[C@@H](Cc1ccccc1)N(Cc1ccccc1F)C(=O)CN(c1ccccc1CC)S(C)(=O)=O. The second kappa shape index (κ2) is 14.6. The molecule has 0 aliphatic rings. The van der Waals surface area contributed by atoms with Crippen molar-refractivity contribution in [3.63, 3.8) is 0 Å². The Balaban J connectivity index is 2.06. The largest absolute Gasteiger partial charge is 0.354 e. The van der Waals surface area contributed by atoms with E-state index in [1.165, 1.54) is 11.0 Å². The molecule has 0 fully saturated rings. The van der Waals surface area contributed by atoms with E-state index in [-0.39, 0.29) is 24.4 Å². The van der Waals surface area contributed by atoms with Gasteiger partial charge in [0, 0.05) is 25.1 Å². The number of carbonyl (C=O) groups excluding carboxylic acids is 2. The number of unbranched alkanes of at least 4 members (excludes halogenated alkanes) is 1. The number of carbonyl (C=O) groups is 2. The molecular formula is C31H38FN3O4S. The lowest BCUT2D eigenvalue weighted by Crippen LogP contribution is -2.53. The third-order valence-electron chi connectivity index (χ3n) is 6.72. The van der Waals surface area contributed by atoms with Crippen LogP contribution in [-0.2, 0) is 39.0 Å². The summed E-state index contributed by atoms with van der Waals surface area (Å²) in [7, 11) is -3.87. The molecule has 3 aromatic rings. The van der Waals surface area contributed by atoms with Crippen molar-refractivity contribution in [2.45, 2.75) is 52.1 Å². The van der Waals surface area contributed by atoms with E-state index >= 15 is 0 Å². The van der Waals surface area contributed by atoms with Gasteiger partial charge >= 0.3 is 0 Å². The number of benzene rings is 3. The maximum atomic E-state index is 14.8. The predicted octanol–water partition coefficient (Wildman–Crippen LogP) is 4.71. The van der Waals surface area contributed by atoms with Gasteiger partial charge in [0.05, 0.1) is 11.9 Å². The number of anilines is 1. The van der Waals surface area contributed by atoms with Crippen molar-refractivity contribution in [3.05, 3.63) is 101 Å². The zero-order valence-electron chi connectivity index (χ0n) is 23.3. The summed E-state index contributed by atoms with van der Waals surface area (Å²) < 4.78 is 41.8. The molecule has 2 amide bonds. The first-order chi connectivity index (χ1) is 19.2. The highest BCUT2D eigenvalue weighted by molar-refractivity contribution is 7.92. The molecule has 0 spiro atoms. The molecule has 40 heavy (non-hydrogen) atoms. The van der Waals surface area contributed by atoms with Gasteiger partial charge in [-0.15, -0.1) is 0 Å². The monoisotopic (exact) mass is 567 g/mol. The quantitative estimate of drug-likeness (QED) is 0.286. The summed E-state index contributed by atoms with van der Waals surface area (Å²) in [4.78, 5) is 28.9. The fourth-order valence-corrected chi connectivity index (χ4v) is 5.40. The van der Waals surface area contributed by atoms with E-state index in [1.54, 1.807) is 30.3 Å². The van der Waals surface area contributed by atoms with Crippen molar-refractivity contribution in [1.82, 2.24) is 10.2 Å². The highest BCUT2D eigenvalue weighted by Gasteiger charge is 2.33. The number of nitrogens with zero attached hydrogens (tertiary/aromatic N) is 2. The molecule has 0 saturated heterocycles. The second-order valence-electron chi connectivity index (χ2n) is 9.72. The maximum absolute atomic E-state index is 14.8. The molecule has 0 bridgehead atoms. The lowest BCUT2D eigenvalue weighted by Gasteiger charge is -2.34. The first kappa shape index (κ1) is 30.8. The molecule has 0 saturated carbocycles.